The van der Waals surface area contributed by atoms with Gasteiger partial charge in [-0.3, -0.25) is 9.59 Å². The number of carbonyl (C=O) groups excluding carboxylic acids is 2. The van der Waals surface area contributed by atoms with Gasteiger partial charge in [-0.05, 0) is 43.2 Å². The minimum absolute atomic E-state index is 0.154. The van der Waals surface area contributed by atoms with Crippen molar-refractivity contribution >= 4 is 23.4 Å². The first-order valence-corrected chi connectivity index (χ1v) is 9.87. The molecule has 0 aliphatic rings. The number of nitrogens with zero attached hydrogens (tertiary/aromatic N) is 1. The first-order chi connectivity index (χ1) is 14.0. The second kappa shape index (κ2) is 12.1. The lowest BCUT2D eigenvalue weighted by Crippen LogP contribution is -2.49. The van der Waals surface area contributed by atoms with Gasteiger partial charge in [0.1, 0.15) is 11.8 Å². The van der Waals surface area contributed by atoms with Crippen molar-refractivity contribution in [1.82, 2.24) is 10.2 Å². The van der Waals surface area contributed by atoms with E-state index in [1.165, 1.54) is 4.90 Å². The predicted molar refractivity (Wildman–Crippen MR) is 113 cm³/mol. The summed E-state index contributed by atoms with van der Waals surface area (Å²) in [6.07, 6.45) is 0.706. The molecule has 0 spiro atoms. The number of carbonyl (C=O) groups is 2. The Bertz CT molecular complexity index is 768. The first kappa shape index (κ1) is 22.7. The first-order valence-electron chi connectivity index (χ1n) is 9.49. The van der Waals surface area contributed by atoms with E-state index >= 15 is 0 Å². The molecule has 2 amide bonds. The van der Waals surface area contributed by atoms with Gasteiger partial charge in [-0.15, -0.1) is 0 Å². The molecule has 7 heteroatoms. The van der Waals surface area contributed by atoms with E-state index in [-0.39, 0.29) is 25.0 Å². The number of nitrogens with one attached hydrogen (secondary N) is 1. The van der Waals surface area contributed by atoms with Gasteiger partial charge >= 0.3 is 0 Å². The van der Waals surface area contributed by atoms with Gasteiger partial charge in [0.15, 0.2) is 6.61 Å². The Balaban J connectivity index is 2.05. The predicted octanol–water partition coefficient (Wildman–Crippen LogP) is 3.29. The highest BCUT2D eigenvalue weighted by molar-refractivity contribution is 6.30. The van der Waals surface area contributed by atoms with Crippen molar-refractivity contribution in [2.24, 2.45) is 0 Å². The average molecular weight is 419 g/mol. The van der Waals surface area contributed by atoms with E-state index in [0.29, 0.717) is 30.3 Å². The van der Waals surface area contributed by atoms with Gasteiger partial charge in [0.25, 0.3) is 5.91 Å². The Kier molecular flexibility index (Phi) is 9.47. The van der Waals surface area contributed by atoms with E-state index < -0.39 is 6.04 Å². The molecule has 0 saturated carbocycles. The van der Waals surface area contributed by atoms with Gasteiger partial charge in [0.05, 0.1) is 0 Å². The van der Waals surface area contributed by atoms with Crippen LogP contribution in [0.25, 0.3) is 0 Å². The van der Waals surface area contributed by atoms with Crippen molar-refractivity contribution in [2.75, 3.05) is 26.9 Å². The van der Waals surface area contributed by atoms with Crippen LogP contribution in [-0.2, 0) is 20.9 Å². The zero-order valence-electron chi connectivity index (χ0n) is 16.8. The second-order valence-corrected chi connectivity index (χ2v) is 7.00. The van der Waals surface area contributed by atoms with Crippen LogP contribution in [0.2, 0.25) is 5.02 Å². The minimum atomic E-state index is -0.653. The van der Waals surface area contributed by atoms with Crippen LogP contribution < -0.4 is 10.1 Å². The van der Waals surface area contributed by atoms with Crippen LogP contribution in [0.1, 0.15) is 18.9 Å². The molecule has 0 bridgehead atoms. The molecule has 0 heterocycles. The van der Waals surface area contributed by atoms with Crippen molar-refractivity contribution in [3.63, 3.8) is 0 Å². The fourth-order valence-corrected chi connectivity index (χ4v) is 2.82. The normalized spacial score (nSPS) is 11.6. The molecule has 2 rings (SSSR count). The topological polar surface area (TPSA) is 67.9 Å². The number of amides is 2. The minimum Gasteiger partial charge on any atom is -0.484 e. The summed E-state index contributed by atoms with van der Waals surface area (Å²) in [5.41, 5.74) is 0.876. The standard InChI is InChI=1S/C22H27ClN2O4/c1-17(22(27)24-13-6-14-28-2)25(15-18-9-11-19(23)12-10-18)21(26)16-29-20-7-4-3-5-8-20/h3-5,7-12,17H,6,13-16H2,1-2H3,(H,24,27)/t17-/m1/s1. The molecule has 2 aromatic rings. The summed E-state index contributed by atoms with van der Waals surface area (Å²) >= 11 is 5.95. The highest BCUT2D eigenvalue weighted by Crippen LogP contribution is 2.15. The number of benzene rings is 2. The third-order valence-electron chi connectivity index (χ3n) is 4.36. The van der Waals surface area contributed by atoms with Gasteiger partial charge in [-0.25, -0.2) is 0 Å². The van der Waals surface area contributed by atoms with Crippen molar-refractivity contribution < 1.29 is 19.1 Å². The molecule has 2 aromatic carbocycles. The summed E-state index contributed by atoms with van der Waals surface area (Å²) in [4.78, 5) is 27.0. The van der Waals surface area contributed by atoms with Crippen molar-refractivity contribution in [2.45, 2.75) is 25.9 Å². The van der Waals surface area contributed by atoms with E-state index in [4.69, 9.17) is 21.1 Å². The summed E-state index contributed by atoms with van der Waals surface area (Å²) < 4.78 is 10.6. The monoisotopic (exact) mass is 418 g/mol. The number of para-hydroxylation sites is 1. The maximum Gasteiger partial charge on any atom is 0.261 e. The molecule has 0 aromatic heterocycles. The summed E-state index contributed by atoms with van der Waals surface area (Å²) in [5, 5.41) is 3.46. The zero-order valence-corrected chi connectivity index (χ0v) is 17.5. The molecule has 6 nitrogen and oxygen atoms in total. The molecule has 0 radical (unpaired) electrons. The molecule has 1 atom stereocenters. The Hall–Kier alpha value is -2.57. The van der Waals surface area contributed by atoms with Crippen molar-refractivity contribution in [3.05, 3.63) is 65.2 Å². The van der Waals surface area contributed by atoms with Gasteiger partial charge in [0.2, 0.25) is 5.91 Å². The fraction of sp³-hybridized carbons (Fsp3) is 0.364. The Morgan fingerprint density at radius 2 is 1.79 bits per heavy atom. The highest BCUT2D eigenvalue weighted by atomic mass is 35.5. The molecule has 0 aliphatic carbocycles. The lowest BCUT2D eigenvalue weighted by molar-refractivity contribution is -0.142. The third kappa shape index (κ3) is 7.75. The molecule has 156 valence electrons. The molecular formula is C22H27ClN2O4. The fourth-order valence-electron chi connectivity index (χ4n) is 2.69. The summed E-state index contributed by atoms with van der Waals surface area (Å²) in [5.74, 6) is 0.107. The summed E-state index contributed by atoms with van der Waals surface area (Å²) in [6, 6.07) is 15.6. The van der Waals surface area contributed by atoms with Crippen LogP contribution in [0.4, 0.5) is 0 Å². The molecule has 0 unspecified atom stereocenters. The average Bonchev–Trinajstić information content (AvgIpc) is 2.74. The Morgan fingerprint density at radius 3 is 2.45 bits per heavy atom. The van der Waals surface area contributed by atoms with E-state index in [1.54, 1.807) is 38.3 Å². The van der Waals surface area contributed by atoms with Crippen LogP contribution in [0, 0.1) is 0 Å². The van der Waals surface area contributed by atoms with Crippen LogP contribution in [0.3, 0.4) is 0 Å². The van der Waals surface area contributed by atoms with Crippen LogP contribution in [-0.4, -0.2) is 49.6 Å². The summed E-state index contributed by atoms with van der Waals surface area (Å²) in [7, 11) is 1.61. The van der Waals surface area contributed by atoms with E-state index in [9.17, 15) is 9.59 Å². The largest absolute Gasteiger partial charge is 0.484 e. The van der Waals surface area contributed by atoms with Gasteiger partial charge in [-0.2, -0.15) is 0 Å². The van der Waals surface area contributed by atoms with Gasteiger partial charge < -0.3 is 19.7 Å². The second-order valence-electron chi connectivity index (χ2n) is 6.56. The number of hydrogen-bond acceptors (Lipinski definition) is 4. The van der Waals surface area contributed by atoms with Crippen LogP contribution in [0.5, 0.6) is 5.75 Å². The quantitative estimate of drug-likeness (QED) is 0.568. The van der Waals surface area contributed by atoms with Gasteiger partial charge in [-0.1, -0.05) is 41.9 Å². The van der Waals surface area contributed by atoms with Crippen molar-refractivity contribution in [1.29, 1.82) is 0 Å². The smallest absolute Gasteiger partial charge is 0.261 e. The maximum absolute atomic E-state index is 12.9. The molecular weight excluding hydrogens is 392 g/mol. The number of hydrogen-bond donors (Lipinski definition) is 1. The molecule has 0 aliphatic heterocycles. The van der Waals surface area contributed by atoms with Crippen LogP contribution in [0.15, 0.2) is 54.6 Å². The third-order valence-corrected chi connectivity index (χ3v) is 4.62. The Labute approximate surface area is 176 Å². The number of methoxy groups -OCH3 is 1. The highest BCUT2D eigenvalue weighted by Gasteiger charge is 2.26. The molecule has 1 N–H and O–H groups in total. The van der Waals surface area contributed by atoms with Gasteiger partial charge in [0, 0.05) is 31.8 Å². The lowest BCUT2D eigenvalue weighted by Gasteiger charge is -2.28. The molecule has 29 heavy (non-hydrogen) atoms. The number of ether oxygens (including phenoxy) is 2. The number of rotatable bonds is 11. The maximum atomic E-state index is 12.9. The van der Waals surface area contributed by atoms with E-state index in [0.717, 1.165) is 5.56 Å². The van der Waals surface area contributed by atoms with E-state index in [2.05, 4.69) is 5.32 Å². The van der Waals surface area contributed by atoms with E-state index in [1.807, 2.05) is 30.3 Å². The van der Waals surface area contributed by atoms with Crippen LogP contribution >= 0.6 is 11.6 Å². The molecule has 0 saturated heterocycles. The zero-order chi connectivity index (χ0) is 21.1. The lowest BCUT2D eigenvalue weighted by atomic mass is 10.1. The Morgan fingerprint density at radius 1 is 1.10 bits per heavy atom. The summed E-state index contributed by atoms with van der Waals surface area (Å²) in [6.45, 7) is 2.88. The number of halogens is 1. The SMILES string of the molecule is COCCCNC(=O)[C@@H](C)N(Cc1ccc(Cl)cc1)C(=O)COc1ccccc1. The van der Waals surface area contributed by atoms with Crippen molar-refractivity contribution in [3.8, 4) is 5.75 Å². The molecule has 0 fully saturated rings.